The first-order chi connectivity index (χ1) is 14.0. The van der Waals surface area contributed by atoms with E-state index in [0.29, 0.717) is 6.54 Å². The summed E-state index contributed by atoms with van der Waals surface area (Å²) < 4.78 is 8.07. The van der Waals surface area contributed by atoms with E-state index >= 15 is 0 Å². The summed E-state index contributed by atoms with van der Waals surface area (Å²) in [7, 11) is 1.32. The van der Waals surface area contributed by atoms with E-state index in [1.165, 1.54) is 7.11 Å². The van der Waals surface area contributed by atoms with Crippen LogP contribution in [0.2, 0.25) is 0 Å². The highest BCUT2D eigenvalue weighted by molar-refractivity contribution is 5.79. The lowest BCUT2D eigenvalue weighted by atomic mass is 10.0. The molecule has 0 saturated heterocycles. The molecule has 1 atom stereocenters. The molecule has 3 rings (SSSR count). The maximum atomic E-state index is 12.7. The first-order valence-corrected chi connectivity index (χ1v) is 9.64. The van der Waals surface area contributed by atoms with Gasteiger partial charge in [0.05, 0.1) is 30.6 Å². The highest BCUT2D eigenvalue weighted by Gasteiger charge is 2.19. The quantitative estimate of drug-likeness (QED) is 0.595. The lowest BCUT2D eigenvalue weighted by Gasteiger charge is -2.18. The zero-order valence-corrected chi connectivity index (χ0v) is 16.6. The second kappa shape index (κ2) is 9.23. The summed E-state index contributed by atoms with van der Waals surface area (Å²) >= 11 is 0. The minimum absolute atomic E-state index is 0.0430. The summed E-state index contributed by atoms with van der Waals surface area (Å²) in [4.78, 5) is 37.1. The molecule has 0 aliphatic rings. The van der Waals surface area contributed by atoms with E-state index in [4.69, 9.17) is 4.74 Å². The number of aromatic nitrogens is 2. The predicted octanol–water partition coefficient (Wildman–Crippen LogP) is 2.63. The van der Waals surface area contributed by atoms with Gasteiger partial charge in [0, 0.05) is 19.5 Å². The van der Waals surface area contributed by atoms with Gasteiger partial charge in [-0.15, -0.1) is 0 Å². The number of hydrogen-bond acceptors (Lipinski definition) is 4. The number of nitrogens with zero attached hydrogens (tertiary/aromatic N) is 2. The molecule has 0 aliphatic carbocycles. The van der Waals surface area contributed by atoms with Gasteiger partial charge in [-0.25, -0.2) is 4.79 Å². The average molecular weight is 395 g/mol. The first-order valence-electron chi connectivity index (χ1n) is 9.64. The standard InChI is InChI=1S/C22H25N3O4/c1-3-24-18-11-7-8-12-19(18)25(22(24)28)14-13-20(26)23-17(15-21(27)29-2)16-9-5-4-6-10-16/h4-12,17H,3,13-15H2,1-2H3,(H,23,26)/t17-/m0/s1. The Kier molecular flexibility index (Phi) is 6.49. The summed E-state index contributed by atoms with van der Waals surface area (Å²) in [5.41, 5.74) is 2.36. The van der Waals surface area contributed by atoms with Crippen LogP contribution >= 0.6 is 0 Å². The second-order valence-corrected chi connectivity index (χ2v) is 6.73. The molecule has 3 aromatic rings. The predicted molar refractivity (Wildman–Crippen MR) is 110 cm³/mol. The van der Waals surface area contributed by atoms with E-state index < -0.39 is 12.0 Å². The number of hydrogen-bond donors (Lipinski definition) is 1. The number of esters is 1. The van der Waals surface area contributed by atoms with Gasteiger partial charge in [0.2, 0.25) is 5.91 Å². The van der Waals surface area contributed by atoms with Crippen LogP contribution in [0.5, 0.6) is 0 Å². The van der Waals surface area contributed by atoms with Crippen LogP contribution in [0.4, 0.5) is 0 Å². The molecule has 1 amide bonds. The third kappa shape index (κ3) is 4.56. The van der Waals surface area contributed by atoms with Crippen LogP contribution in [0.3, 0.4) is 0 Å². The molecule has 0 aliphatic heterocycles. The molecule has 7 nitrogen and oxygen atoms in total. The molecule has 0 bridgehead atoms. The lowest BCUT2D eigenvalue weighted by molar-refractivity contribution is -0.141. The van der Waals surface area contributed by atoms with Crippen LogP contribution in [-0.4, -0.2) is 28.1 Å². The molecule has 0 radical (unpaired) electrons. The van der Waals surface area contributed by atoms with Gasteiger partial charge < -0.3 is 10.1 Å². The van der Waals surface area contributed by atoms with Gasteiger partial charge in [-0.05, 0) is 24.6 Å². The lowest BCUT2D eigenvalue weighted by Crippen LogP contribution is -2.32. The summed E-state index contributed by atoms with van der Waals surface area (Å²) in [6, 6.07) is 16.4. The number of aryl methyl sites for hydroxylation is 2. The Balaban J connectivity index is 1.75. The van der Waals surface area contributed by atoms with Crippen LogP contribution in [-0.2, 0) is 27.4 Å². The Hall–Kier alpha value is -3.35. The molecular weight excluding hydrogens is 370 g/mol. The highest BCUT2D eigenvalue weighted by Crippen LogP contribution is 2.18. The van der Waals surface area contributed by atoms with Crippen molar-refractivity contribution in [3.8, 4) is 0 Å². The minimum atomic E-state index is -0.482. The van der Waals surface area contributed by atoms with Gasteiger partial charge in [-0.2, -0.15) is 0 Å². The fourth-order valence-corrected chi connectivity index (χ4v) is 3.46. The number of carbonyl (C=O) groups excluding carboxylic acids is 2. The Morgan fingerprint density at radius 1 is 1.00 bits per heavy atom. The monoisotopic (exact) mass is 395 g/mol. The van der Waals surface area contributed by atoms with E-state index in [0.717, 1.165) is 16.6 Å². The summed E-state index contributed by atoms with van der Waals surface area (Å²) in [5.74, 6) is -0.635. The average Bonchev–Trinajstić information content (AvgIpc) is 3.02. The Labute approximate surface area is 168 Å². The maximum absolute atomic E-state index is 12.7. The van der Waals surface area contributed by atoms with Crippen LogP contribution in [0.1, 0.15) is 31.4 Å². The molecule has 0 spiro atoms. The number of para-hydroxylation sites is 2. The molecule has 0 fully saturated rings. The number of amides is 1. The van der Waals surface area contributed by atoms with E-state index in [9.17, 15) is 14.4 Å². The normalized spacial score (nSPS) is 11.9. The number of nitrogens with one attached hydrogen (secondary N) is 1. The van der Waals surface area contributed by atoms with Crippen molar-refractivity contribution in [2.75, 3.05) is 7.11 Å². The molecule has 29 heavy (non-hydrogen) atoms. The van der Waals surface area contributed by atoms with Gasteiger partial charge in [-0.3, -0.25) is 18.7 Å². The fraction of sp³-hybridized carbons (Fsp3) is 0.318. The van der Waals surface area contributed by atoms with Gasteiger partial charge in [0.15, 0.2) is 0 Å². The van der Waals surface area contributed by atoms with Crippen LogP contribution in [0.25, 0.3) is 11.0 Å². The number of benzene rings is 2. The zero-order valence-electron chi connectivity index (χ0n) is 16.6. The van der Waals surface area contributed by atoms with Crippen LogP contribution in [0, 0.1) is 0 Å². The van der Waals surface area contributed by atoms with E-state index in [1.54, 1.807) is 9.13 Å². The summed E-state index contributed by atoms with van der Waals surface area (Å²) in [6.07, 6.45) is 0.170. The van der Waals surface area contributed by atoms with E-state index in [1.807, 2.05) is 61.5 Å². The molecule has 0 saturated carbocycles. The summed E-state index contributed by atoms with van der Waals surface area (Å²) in [6.45, 7) is 2.74. The SMILES string of the molecule is CCn1c(=O)n(CCC(=O)N[C@@H](CC(=O)OC)c2ccccc2)c2ccccc21. The largest absolute Gasteiger partial charge is 0.469 e. The van der Waals surface area contributed by atoms with Gasteiger partial charge in [0.25, 0.3) is 0 Å². The first kappa shape index (κ1) is 20.4. The Bertz CT molecular complexity index is 1050. The fourth-order valence-electron chi connectivity index (χ4n) is 3.46. The number of fused-ring (bicyclic) bond motifs is 1. The van der Waals surface area contributed by atoms with Gasteiger partial charge in [-0.1, -0.05) is 42.5 Å². The number of imidazole rings is 1. The topological polar surface area (TPSA) is 82.3 Å². The smallest absolute Gasteiger partial charge is 0.329 e. The molecule has 2 aromatic carbocycles. The van der Waals surface area contributed by atoms with Crippen molar-refractivity contribution >= 4 is 22.9 Å². The number of carbonyl (C=O) groups is 2. The molecule has 1 aromatic heterocycles. The van der Waals surface area contributed by atoms with Crippen molar-refractivity contribution < 1.29 is 14.3 Å². The minimum Gasteiger partial charge on any atom is -0.469 e. The molecule has 0 unspecified atom stereocenters. The Morgan fingerprint density at radius 2 is 1.62 bits per heavy atom. The number of ether oxygens (including phenoxy) is 1. The highest BCUT2D eigenvalue weighted by atomic mass is 16.5. The Morgan fingerprint density at radius 3 is 2.24 bits per heavy atom. The van der Waals surface area contributed by atoms with Crippen molar-refractivity contribution in [1.82, 2.24) is 14.5 Å². The third-order valence-electron chi connectivity index (χ3n) is 4.94. The molecule has 7 heteroatoms. The van der Waals surface area contributed by atoms with Crippen LogP contribution in [0.15, 0.2) is 59.4 Å². The molecule has 152 valence electrons. The van der Waals surface area contributed by atoms with Crippen molar-refractivity contribution in [2.45, 2.75) is 38.9 Å². The second-order valence-electron chi connectivity index (χ2n) is 6.73. The zero-order chi connectivity index (χ0) is 20.8. The van der Waals surface area contributed by atoms with Gasteiger partial charge in [0.1, 0.15) is 0 Å². The maximum Gasteiger partial charge on any atom is 0.329 e. The third-order valence-corrected chi connectivity index (χ3v) is 4.94. The molecule has 1 N–H and O–H groups in total. The van der Waals surface area contributed by atoms with Crippen molar-refractivity contribution in [3.05, 3.63) is 70.6 Å². The molecular formula is C22H25N3O4. The van der Waals surface area contributed by atoms with Gasteiger partial charge >= 0.3 is 11.7 Å². The van der Waals surface area contributed by atoms with Crippen molar-refractivity contribution in [3.63, 3.8) is 0 Å². The summed E-state index contributed by atoms with van der Waals surface area (Å²) in [5, 5.41) is 2.90. The van der Waals surface area contributed by atoms with E-state index in [2.05, 4.69) is 5.32 Å². The van der Waals surface area contributed by atoms with Crippen LogP contribution < -0.4 is 11.0 Å². The molecule has 1 heterocycles. The number of rotatable bonds is 8. The number of methoxy groups -OCH3 is 1. The van der Waals surface area contributed by atoms with Crippen molar-refractivity contribution in [2.24, 2.45) is 0 Å². The van der Waals surface area contributed by atoms with Crippen molar-refractivity contribution in [1.29, 1.82) is 0 Å². The van der Waals surface area contributed by atoms with E-state index in [-0.39, 0.29) is 31.0 Å².